The minimum atomic E-state index is -4.09. The topological polar surface area (TPSA) is 123 Å². The van der Waals surface area contributed by atoms with E-state index in [4.69, 9.17) is 4.74 Å². The molecule has 3 aromatic carbocycles. The van der Waals surface area contributed by atoms with Crippen molar-refractivity contribution < 1.29 is 22.5 Å². The van der Waals surface area contributed by atoms with Gasteiger partial charge in [-0.2, -0.15) is 5.10 Å². The van der Waals surface area contributed by atoms with Gasteiger partial charge in [-0.25, -0.2) is 12.8 Å². The molecule has 0 aliphatic heterocycles. The van der Waals surface area contributed by atoms with Crippen molar-refractivity contribution in [1.82, 2.24) is 0 Å². The molecule has 0 spiro atoms. The summed E-state index contributed by atoms with van der Waals surface area (Å²) in [7, 11) is -2.61. The van der Waals surface area contributed by atoms with Crippen molar-refractivity contribution in [2.75, 3.05) is 17.3 Å². The quantitative estimate of drug-likeness (QED) is 0.308. The average molecular weight is 444 g/mol. The van der Waals surface area contributed by atoms with Gasteiger partial charge in [0.05, 0.1) is 23.1 Å². The first-order valence-corrected chi connectivity index (χ1v) is 10.3. The SMILES string of the molecule is COc1ccc(NS(=O)(=O)c2ccc(NN=Cc3ccccc3F)c([N+](=O)[O-])c2)cc1. The Morgan fingerprint density at radius 2 is 1.81 bits per heavy atom. The Morgan fingerprint density at radius 3 is 2.45 bits per heavy atom. The molecule has 0 radical (unpaired) electrons. The molecule has 0 unspecified atom stereocenters. The molecular formula is C20H17FN4O5S. The lowest BCUT2D eigenvalue weighted by molar-refractivity contribution is -0.384. The van der Waals surface area contributed by atoms with Crippen LogP contribution in [-0.2, 0) is 10.0 Å². The number of anilines is 2. The van der Waals surface area contributed by atoms with Gasteiger partial charge in [0.25, 0.3) is 15.7 Å². The number of nitro groups is 1. The number of nitrogens with one attached hydrogen (secondary N) is 2. The van der Waals surface area contributed by atoms with Crippen LogP contribution in [0.4, 0.5) is 21.5 Å². The van der Waals surface area contributed by atoms with E-state index in [2.05, 4.69) is 15.2 Å². The van der Waals surface area contributed by atoms with Crippen molar-refractivity contribution in [3.8, 4) is 5.75 Å². The lowest BCUT2D eigenvalue weighted by atomic mass is 10.2. The molecule has 9 nitrogen and oxygen atoms in total. The molecule has 11 heteroatoms. The minimum Gasteiger partial charge on any atom is -0.497 e. The Hall–Kier alpha value is -3.99. The van der Waals surface area contributed by atoms with E-state index in [9.17, 15) is 22.9 Å². The first-order chi connectivity index (χ1) is 14.8. The number of rotatable bonds is 8. The summed E-state index contributed by atoms with van der Waals surface area (Å²) in [5, 5.41) is 15.2. The molecule has 0 aromatic heterocycles. The van der Waals surface area contributed by atoms with Crippen LogP contribution in [0.5, 0.6) is 5.75 Å². The van der Waals surface area contributed by atoms with Crippen molar-refractivity contribution in [2.24, 2.45) is 5.10 Å². The molecule has 0 atom stereocenters. The first kappa shape index (κ1) is 21.7. The first-order valence-electron chi connectivity index (χ1n) is 8.79. The second-order valence-electron chi connectivity index (χ2n) is 6.16. The number of nitrogens with zero attached hydrogens (tertiary/aromatic N) is 2. The number of methoxy groups -OCH3 is 1. The summed E-state index contributed by atoms with van der Waals surface area (Å²) in [6.45, 7) is 0. The fraction of sp³-hybridized carbons (Fsp3) is 0.0500. The Balaban J connectivity index is 1.83. The average Bonchev–Trinajstić information content (AvgIpc) is 2.75. The molecule has 0 aliphatic carbocycles. The molecule has 0 aliphatic rings. The molecule has 3 aromatic rings. The Kier molecular flexibility index (Phi) is 6.46. The predicted octanol–water partition coefficient (Wildman–Crippen LogP) is 3.99. The molecule has 2 N–H and O–H groups in total. The van der Waals surface area contributed by atoms with Gasteiger partial charge in [-0.05, 0) is 42.5 Å². The second kappa shape index (κ2) is 9.22. The summed E-state index contributed by atoms with van der Waals surface area (Å²) in [5.41, 5.74) is 2.32. The van der Waals surface area contributed by atoms with Crippen LogP contribution in [0.1, 0.15) is 5.56 Å². The molecule has 0 saturated carbocycles. The zero-order valence-corrected chi connectivity index (χ0v) is 17.0. The number of halogens is 1. The van der Waals surface area contributed by atoms with Crippen LogP contribution in [0.2, 0.25) is 0 Å². The molecule has 0 heterocycles. The van der Waals surface area contributed by atoms with Gasteiger partial charge < -0.3 is 4.74 Å². The highest BCUT2D eigenvalue weighted by Crippen LogP contribution is 2.29. The third-order valence-electron chi connectivity index (χ3n) is 4.11. The van der Waals surface area contributed by atoms with Gasteiger partial charge in [0, 0.05) is 17.3 Å². The summed E-state index contributed by atoms with van der Waals surface area (Å²) in [4.78, 5) is 10.4. The standard InChI is InChI=1S/C20H17FN4O5S/c1-30-16-8-6-15(7-9-16)24-31(28,29)17-10-11-19(20(12-17)25(26)27)23-22-13-14-4-2-3-5-18(14)21/h2-13,23-24H,1H3. The highest BCUT2D eigenvalue weighted by Gasteiger charge is 2.21. The molecule has 3 rings (SSSR count). The Labute approximate surface area is 177 Å². The molecule has 0 bridgehead atoms. The number of nitro benzene ring substituents is 1. The third kappa shape index (κ3) is 5.34. The summed E-state index contributed by atoms with van der Waals surface area (Å²) in [6.07, 6.45) is 1.16. The highest BCUT2D eigenvalue weighted by molar-refractivity contribution is 7.92. The second-order valence-corrected chi connectivity index (χ2v) is 7.84. The summed E-state index contributed by atoms with van der Waals surface area (Å²) >= 11 is 0. The fourth-order valence-corrected chi connectivity index (χ4v) is 3.63. The van der Waals surface area contributed by atoms with Gasteiger partial charge in [-0.3, -0.25) is 20.3 Å². The van der Waals surface area contributed by atoms with Gasteiger partial charge in [0.15, 0.2) is 0 Å². The van der Waals surface area contributed by atoms with Crippen molar-refractivity contribution >= 4 is 33.3 Å². The maximum Gasteiger partial charge on any atom is 0.295 e. The Morgan fingerprint density at radius 1 is 1.10 bits per heavy atom. The number of hydrogen-bond donors (Lipinski definition) is 2. The van der Waals surface area contributed by atoms with Crippen LogP contribution in [0, 0.1) is 15.9 Å². The van der Waals surface area contributed by atoms with Gasteiger partial charge in [0.1, 0.15) is 17.3 Å². The summed E-state index contributed by atoms with van der Waals surface area (Å²) in [6, 6.07) is 15.3. The molecule has 0 saturated heterocycles. The highest BCUT2D eigenvalue weighted by atomic mass is 32.2. The maximum atomic E-state index is 13.6. The van der Waals surface area contributed by atoms with E-state index in [-0.39, 0.29) is 21.8 Å². The maximum absolute atomic E-state index is 13.6. The van der Waals surface area contributed by atoms with E-state index in [0.29, 0.717) is 5.75 Å². The zero-order chi connectivity index (χ0) is 22.4. The predicted molar refractivity (Wildman–Crippen MR) is 115 cm³/mol. The molecule has 31 heavy (non-hydrogen) atoms. The lowest BCUT2D eigenvalue weighted by Crippen LogP contribution is -2.13. The Bertz CT molecular complexity index is 1230. The largest absolute Gasteiger partial charge is 0.497 e. The molecular weight excluding hydrogens is 427 g/mol. The van der Waals surface area contributed by atoms with Gasteiger partial charge in [0.2, 0.25) is 0 Å². The zero-order valence-electron chi connectivity index (χ0n) is 16.2. The van der Waals surface area contributed by atoms with Crippen LogP contribution in [0.25, 0.3) is 0 Å². The van der Waals surface area contributed by atoms with E-state index in [0.717, 1.165) is 12.3 Å². The molecule has 0 fully saturated rings. The minimum absolute atomic E-state index is 0.0546. The normalized spacial score (nSPS) is 11.3. The van der Waals surface area contributed by atoms with Gasteiger partial charge in [-0.15, -0.1) is 0 Å². The van der Waals surface area contributed by atoms with E-state index in [1.54, 1.807) is 18.2 Å². The van der Waals surface area contributed by atoms with E-state index in [1.165, 1.54) is 49.6 Å². The van der Waals surface area contributed by atoms with Crippen LogP contribution in [-0.4, -0.2) is 26.7 Å². The monoisotopic (exact) mass is 444 g/mol. The van der Waals surface area contributed by atoms with Crippen molar-refractivity contribution in [1.29, 1.82) is 0 Å². The van der Waals surface area contributed by atoms with Gasteiger partial charge in [-0.1, -0.05) is 18.2 Å². The van der Waals surface area contributed by atoms with Crippen molar-refractivity contribution in [3.63, 3.8) is 0 Å². The van der Waals surface area contributed by atoms with E-state index < -0.39 is 26.5 Å². The summed E-state index contributed by atoms with van der Waals surface area (Å²) in [5.74, 6) is 0.0403. The molecule has 0 amide bonds. The number of ether oxygens (including phenoxy) is 1. The number of hydrogen-bond acceptors (Lipinski definition) is 7. The van der Waals surface area contributed by atoms with Gasteiger partial charge >= 0.3 is 0 Å². The van der Waals surface area contributed by atoms with Crippen molar-refractivity contribution in [2.45, 2.75) is 4.90 Å². The van der Waals surface area contributed by atoms with Crippen LogP contribution in [0.3, 0.4) is 0 Å². The summed E-state index contributed by atoms with van der Waals surface area (Å²) < 4.78 is 46.2. The van der Waals surface area contributed by atoms with Crippen molar-refractivity contribution in [3.05, 3.63) is 88.2 Å². The lowest BCUT2D eigenvalue weighted by Gasteiger charge is -2.10. The van der Waals surface area contributed by atoms with Crippen LogP contribution in [0.15, 0.2) is 76.7 Å². The smallest absolute Gasteiger partial charge is 0.295 e. The van der Waals surface area contributed by atoms with Crippen LogP contribution >= 0.6 is 0 Å². The van der Waals surface area contributed by atoms with Crippen LogP contribution < -0.4 is 14.9 Å². The number of hydrazone groups is 1. The number of benzene rings is 3. The number of sulfonamides is 1. The third-order valence-corrected chi connectivity index (χ3v) is 5.49. The molecule has 160 valence electrons. The van der Waals surface area contributed by atoms with E-state index >= 15 is 0 Å². The fourth-order valence-electron chi connectivity index (χ4n) is 2.55. The van der Waals surface area contributed by atoms with E-state index in [1.807, 2.05) is 0 Å².